The normalized spacial score (nSPS) is 12.8. The molecule has 0 bridgehead atoms. The van der Waals surface area contributed by atoms with Crippen molar-refractivity contribution in [1.82, 2.24) is 9.97 Å². The summed E-state index contributed by atoms with van der Waals surface area (Å²) in [5.41, 5.74) is 6.39. The van der Waals surface area contributed by atoms with Gasteiger partial charge in [-0.15, -0.1) is 41.5 Å². The third kappa shape index (κ3) is 5.28. The SMILES string of the molecule is CN(C)c1ccnc(-c2[c-]c(Oc3[c-]c(C4(c5ccccn5)c5ccccc5Sc5ccccc54)ccc3)ccc2)c1.[Pt+2]. The van der Waals surface area contributed by atoms with Crippen molar-refractivity contribution in [2.75, 3.05) is 19.0 Å². The fourth-order valence-electron chi connectivity index (χ4n) is 5.63. The van der Waals surface area contributed by atoms with Gasteiger partial charge in [0.1, 0.15) is 0 Å². The summed E-state index contributed by atoms with van der Waals surface area (Å²) in [5.74, 6) is 1.21. The van der Waals surface area contributed by atoms with Gasteiger partial charge in [0.05, 0.1) is 11.1 Å². The van der Waals surface area contributed by atoms with E-state index < -0.39 is 5.41 Å². The molecule has 7 rings (SSSR count). The monoisotopic (exact) mass is 756 g/mol. The molecule has 0 N–H and O–H groups in total. The molecule has 6 aromatic rings. The number of benzene rings is 4. The van der Waals surface area contributed by atoms with Crippen molar-refractivity contribution in [3.8, 4) is 22.8 Å². The Morgan fingerprint density at radius 1 is 0.674 bits per heavy atom. The van der Waals surface area contributed by atoms with Gasteiger partial charge >= 0.3 is 21.1 Å². The molecule has 4 aromatic carbocycles. The average molecular weight is 757 g/mol. The minimum Gasteiger partial charge on any atom is -0.503 e. The van der Waals surface area contributed by atoms with Gasteiger partial charge in [0.2, 0.25) is 0 Å². The summed E-state index contributed by atoms with van der Waals surface area (Å²) in [6.07, 6.45) is 3.68. The second-order valence-corrected chi connectivity index (χ2v) is 11.4. The molecule has 0 spiro atoms. The molecule has 0 atom stereocenters. The quantitative estimate of drug-likeness (QED) is 0.159. The molecule has 0 amide bonds. The smallest absolute Gasteiger partial charge is 0.503 e. The van der Waals surface area contributed by atoms with Crippen LogP contribution in [0.5, 0.6) is 11.5 Å². The molecule has 0 fully saturated rings. The van der Waals surface area contributed by atoms with Crippen LogP contribution in [0.1, 0.15) is 22.4 Å². The molecule has 0 radical (unpaired) electrons. The van der Waals surface area contributed by atoms with E-state index in [-0.39, 0.29) is 21.1 Å². The molecular formula is C37H27N3OPtS. The molecule has 0 unspecified atom stereocenters. The van der Waals surface area contributed by atoms with Gasteiger partial charge in [-0.25, -0.2) is 0 Å². The van der Waals surface area contributed by atoms with Gasteiger partial charge in [-0.3, -0.25) is 4.98 Å². The Hall–Kier alpha value is -4.18. The second-order valence-electron chi connectivity index (χ2n) is 10.3. The van der Waals surface area contributed by atoms with Crippen molar-refractivity contribution in [2.45, 2.75) is 15.2 Å². The van der Waals surface area contributed by atoms with E-state index in [9.17, 15) is 0 Å². The zero-order valence-corrected chi connectivity index (χ0v) is 26.7. The Kier molecular flexibility index (Phi) is 8.21. The van der Waals surface area contributed by atoms with Crippen molar-refractivity contribution in [3.05, 3.63) is 162 Å². The molecule has 2 aromatic heterocycles. The van der Waals surface area contributed by atoms with Crippen LogP contribution < -0.4 is 9.64 Å². The number of pyridine rings is 2. The Balaban J connectivity index is 0.00000329. The Labute approximate surface area is 271 Å². The maximum atomic E-state index is 6.43. The second kappa shape index (κ2) is 12.2. The zero-order valence-electron chi connectivity index (χ0n) is 23.6. The number of hydrogen-bond donors (Lipinski definition) is 0. The molecule has 0 saturated carbocycles. The third-order valence-corrected chi connectivity index (χ3v) is 8.70. The predicted octanol–water partition coefficient (Wildman–Crippen LogP) is 8.45. The van der Waals surface area contributed by atoms with Crippen LogP contribution in [0, 0.1) is 12.1 Å². The van der Waals surface area contributed by atoms with Gasteiger partial charge in [0.15, 0.2) is 0 Å². The molecule has 3 heterocycles. The van der Waals surface area contributed by atoms with Crippen molar-refractivity contribution in [1.29, 1.82) is 0 Å². The van der Waals surface area contributed by atoms with E-state index in [4.69, 9.17) is 9.72 Å². The number of nitrogens with zero attached hydrogens (tertiary/aromatic N) is 3. The summed E-state index contributed by atoms with van der Waals surface area (Å²) < 4.78 is 6.43. The summed E-state index contributed by atoms with van der Waals surface area (Å²) in [6, 6.07) is 46.4. The first-order chi connectivity index (χ1) is 20.6. The largest absolute Gasteiger partial charge is 2.00 e. The summed E-state index contributed by atoms with van der Waals surface area (Å²) in [5, 5.41) is 0. The number of hydrogen-bond acceptors (Lipinski definition) is 5. The number of rotatable bonds is 6. The Morgan fingerprint density at radius 3 is 2.05 bits per heavy atom. The maximum absolute atomic E-state index is 6.43. The molecule has 43 heavy (non-hydrogen) atoms. The fourth-order valence-corrected chi connectivity index (χ4v) is 6.82. The van der Waals surface area contributed by atoms with Gasteiger partial charge < -0.3 is 14.6 Å². The molecule has 4 nitrogen and oxygen atoms in total. The fraction of sp³-hybridized carbons (Fsp3) is 0.0811. The number of fused-ring (bicyclic) bond motifs is 2. The van der Waals surface area contributed by atoms with Crippen LogP contribution in [0.3, 0.4) is 0 Å². The molecule has 0 saturated heterocycles. The van der Waals surface area contributed by atoms with Crippen LogP contribution in [-0.2, 0) is 26.5 Å². The molecule has 0 aliphatic carbocycles. The summed E-state index contributed by atoms with van der Waals surface area (Å²) in [6.45, 7) is 0. The number of anilines is 1. The van der Waals surface area contributed by atoms with E-state index >= 15 is 0 Å². The molecular weight excluding hydrogens is 730 g/mol. The van der Waals surface area contributed by atoms with Gasteiger partial charge in [-0.1, -0.05) is 66.4 Å². The first kappa shape index (κ1) is 28.9. The topological polar surface area (TPSA) is 38.2 Å². The molecule has 1 aliphatic rings. The van der Waals surface area contributed by atoms with E-state index in [1.54, 1.807) is 11.8 Å². The standard InChI is InChI=1S/C37H27N3OS.Pt/c1-40(2)28-20-22-38-33(25-28)26-11-9-13-29(23-26)41-30-14-10-12-27(24-30)37(36-19-7-8-21-39-36)31-15-3-5-17-34(31)42-35-18-6-4-16-32(35)37;/h3-22,25H,1-2H3;/q-2;+2. The van der Waals surface area contributed by atoms with Crippen LogP contribution in [0.25, 0.3) is 11.3 Å². The van der Waals surface area contributed by atoms with Crippen LogP contribution in [0.15, 0.2) is 137 Å². The average Bonchev–Trinajstić information content (AvgIpc) is 3.04. The third-order valence-electron chi connectivity index (χ3n) is 7.55. The first-order valence-corrected chi connectivity index (χ1v) is 14.6. The van der Waals surface area contributed by atoms with E-state index in [1.807, 2.05) is 69.0 Å². The predicted molar refractivity (Wildman–Crippen MR) is 168 cm³/mol. The summed E-state index contributed by atoms with van der Waals surface area (Å²) in [4.78, 5) is 14.0. The van der Waals surface area contributed by atoms with Crippen molar-refractivity contribution in [2.24, 2.45) is 0 Å². The van der Waals surface area contributed by atoms with Crippen LogP contribution in [0.4, 0.5) is 5.69 Å². The van der Waals surface area contributed by atoms with Crippen LogP contribution >= 0.6 is 11.8 Å². The summed E-state index contributed by atoms with van der Waals surface area (Å²) >= 11 is 1.80. The molecule has 6 heteroatoms. The van der Waals surface area contributed by atoms with Crippen molar-refractivity contribution in [3.63, 3.8) is 0 Å². The van der Waals surface area contributed by atoms with E-state index in [0.29, 0.717) is 11.5 Å². The van der Waals surface area contributed by atoms with Crippen molar-refractivity contribution < 1.29 is 25.8 Å². The van der Waals surface area contributed by atoms with E-state index in [1.165, 1.54) is 20.9 Å². The van der Waals surface area contributed by atoms with Crippen molar-refractivity contribution >= 4 is 17.4 Å². The molecule has 1 aliphatic heterocycles. The van der Waals surface area contributed by atoms with Gasteiger partial charge in [-0.05, 0) is 47.2 Å². The van der Waals surface area contributed by atoms with Crippen LogP contribution in [0.2, 0.25) is 0 Å². The number of ether oxygens (including phenoxy) is 1. The Morgan fingerprint density at radius 2 is 1.35 bits per heavy atom. The Bertz CT molecular complexity index is 1850. The van der Waals surface area contributed by atoms with E-state index in [0.717, 1.165) is 28.2 Å². The zero-order chi connectivity index (χ0) is 28.5. The minimum atomic E-state index is -0.666. The van der Waals surface area contributed by atoms with Gasteiger partial charge in [0, 0.05) is 53.5 Å². The number of aromatic nitrogens is 2. The van der Waals surface area contributed by atoms with Crippen LogP contribution in [-0.4, -0.2) is 24.1 Å². The first-order valence-electron chi connectivity index (χ1n) is 13.8. The van der Waals surface area contributed by atoms with Gasteiger partial charge in [-0.2, -0.15) is 12.1 Å². The molecule has 212 valence electrons. The maximum Gasteiger partial charge on any atom is 2.00 e. The summed E-state index contributed by atoms with van der Waals surface area (Å²) in [7, 11) is 4.04. The van der Waals surface area contributed by atoms with Gasteiger partial charge in [0.25, 0.3) is 0 Å². The van der Waals surface area contributed by atoms with E-state index in [2.05, 4.69) is 94.8 Å². The minimum absolute atomic E-state index is 0.